The monoisotopic (exact) mass is 318 g/mol. The van der Waals surface area contributed by atoms with Crippen molar-refractivity contribution in [2.24, 2.45) is 5.73 Å². The number of H-pyrrole nitrogens is 2. The van der Waals surface area contributed by atoms with Crippen LogP contribution in [0.25, 0.3) is 33.1 Å². The van der Waals surface area contributed by atoms with Gasteiger partial charge in [0, 0.05) is 28.1 Å². The zero-order valence-corrected chi connectivity index (χ0v) is 13.4. The van der Waals surface area contributed by atoms with Crippen LogP contribution in [0.4, 0.5) is 0 Å². The van der Waals surface area contributed by atoms with E-state index in [1.54, 1.807) is 0 Å². The van der Waals surface area contributed by atoms with Crippen LogP contribution in [0.1, 0.15) is 23.2 Å². The highest BCUT2D eigenvalue weighted by molar-refractivity contribution is 6.07. The fraction of sp³-hybridized carbons (Fsp3) is 0.278. The molecule has 4 aromatic rings. The Morgan fingerprint density at radius 1 is 1.12 bits per heavy atom. The first-order valence-electron chi connectivity index (χ1n) is 8.26. The molecule has 120 valence electrons. The summed E-state index contributed by atoms with van der Waals surface area (Å²) in [5.41, 5.74) is 14.1. The molecule has 0 saturated carbocycles. The van der Waals surface area contributed by atoms with Crippen LogP contribution >= 0.6 is 0 Å². The molecular formula is C18H18N6. The average Bonchev–Trinajstić information content (AvgIpc) is 3.22. The van der Waals surface area contributed by atoms with Crippen LogP contribution in [-0.4, -0.2) is 31.4 Å². The number of hydrogen-bond donors (Lipinski definition) is 3. The largest absolute Gasteiger partial charge is 0.327 e. The van der Waals surface area contributed by atoms with Crippen LogP contribution in [0.3, 0.4) is 0 Å². The van der Waals surface area contributed by atoms with Crippen molar-refractivity contribution in [2.45, 2.75) is 32.2 Å². The predicted octanol–water partition coefficient (Wildman–Crippen LogP) is 2.63. The van der Waals surface area contributed by atoms with E-state index in [0.717, 1.165) is 52.6 Å². The minimum absolute atomic E-state index is 0.186. The Morgan fingerprint density at radius 2 is 2.00 bits per heavy atom. The molecule has 1 aliphatic rings. The summed E-state index contributed by atoms with van der Waals surface area (Å²) >= 11 is 0. The van der Waals surface area contributed by atoms with Gasteiger partial charge in [-0.15, -0.1) is 0 Å². The van der Waals surface area contributed by atoms with Gasteiger partial charge in [-0.05, 0) is 49.4 Å². The van der Waals surface area contributed by atoms with Crippen molar-refractivity contribution in [3.63, 3.8) is 0 Å². The highest BCUT2D eigenvalue weighted by Crippen LogP contribution is 2.37. The maximum absolute atomic E-state index is 6.28. The minimum atomic E-state index is 0.186. The maximum atomic E-state index is 6.28. The number of rotatable bonds is 1. The maximum Gasteiger partial charge on any atom is 0.0779 e. The van der Waals surface area contributed by atoms with Gasteiger partial charge < -0.3 is 5.73 Å². The molecule has 1 atom stereocenters. The molecule has 6 heteroatoms. The van der Waals surface area contributed by atoms with Crippen LogP contribution in [0.5, 0.6) is 0 Å². The molecule has 0 spiro atoms. The second-order valence-electron chi connectivity index (χ2n) is 6.62. The lowest BCUT2D eigenvalue weighted by Crippen LogP contribution is -2.28. The third-order valence-corrected chi connectivity index (χ3v) is 5.10. The fourth-order valence-corrected chi connectivity index (χ4v) is 3.90. The van der Waals surface area contributed by atoms with Gasteiger partial charge in [0.25, 0.3) is 0 Å². The quantitative estimate of drug-likeness (QED) is 0.502. The molecule has 1 unspecified atom stereocenters. The van der Waals surface area contributed by atoms with E-state index in [2.05, 4.69) is 26.5 Å². The van der Waals surface area contributed by atoms with Crippen molar-refractivity contribution < 1.29 is 0 Å². The van der Waals surface area contributed by atoms with Crippen molar-refractivity contribution in [1.29, 1.82) is 0 Å². The van der Waals surface area contributed by atoms with Gasteiger partial charge in [0.05, 0.1) is 29.1 Å². The lowest BCUT2D eigenvalue weighted by Gasteiger charge is -2.25. The van der Waals surface area contributed by atoms with E-state index in [1.165, 1.54) is 16.5 Å². The topological polar surface area (TPSA) is 96.3 Å². The Kier molecular flexibility index (Phi) is 2.78. The zero-order chi connectivity index (χ0) is 16.3. The molecule has 6 nitrogen and oxygen atoms in total. The molecule has 0 fully saturated rings. The van der Waals surface area contributed by atoms with Gasteiger partial charge in [0.1, 0.15) is 0 Å². The number of nitrogens with one attached hydrogen (secondary N) is 2. The molecule has 4 N–H and O–H groups in total. The first-order valence-corrected chi connectivity index (χ1v) is 8.26. The second kappa shape index (κ2) is 4.88. The smallest absolute Gasteiger partial charge is 0.0779 e. The van der Waals surface area contributed by atoms with Gasteiger partial charge >= 0.3 is 0 Å². The van der Waals surface area contributed by atoms with E-state index in [1.807, 2.05) is 25.4 Å². The molecule has 0 radical (unpaired) electrons. The van der Waals surface area contributed by atoms with E-state index in [-0.39, 0.29) is 6.04 Å². The van der Waals surface area contributed by atoms with E-state index in [4.69, 9.17) is 10.7 Å². The lowest BCUT2D eigenvalue weighted by atomic mass is 9.83. The zero-order valence-electron chi connectivity index (χ0n) is 13.4. The number of nitrogens with zero attached hydrogens (tertiary/aromatic N) is 3. The molecular weight excluding hydrogens is 300 g/mol. The highest BCUT2D eigenvalue weighted by Gasteiger charge is 2.25. The third kappa shape index (κ3) is 1.83. The molecule has 24 heavy (non-hydrogen) atoms. The molecule has 0 aliphatic heterocycles. The van der Waals surface area contributed by atoms with Crippen LogP contribution in [-0.2, 0) is 12.8 Å². The molecule has 3 aromatic heterocycles. The molecule has 3 heterocycles. The Morgan fingerprint density at radius 3 is 2.83 bits per heavy atom. The van der Waals surface area contributed by atoms with E-state index in [0.29, 0.717) is 0 Å². The first kappa shape index (κ1) is 13.7. The van der Waals surface area contributed by atoms with Crippen molar-refractivity contribution >= 4 is 21.8 Å². The van der Waals surface area contributed by atoms with Crippen LogP contribution in [0.2, 0.25) is 0 Å². The molecule has 1 aliphatic carbocycles. The van der Waals surface area contributed by atoms with E-state index < -0.39 is 0 Å². The third-order valence-electron chi connectivity index (χ3n) is 5.10. The Hall–Kier alpha value is -2.73. The van der Waals surface area contributed by atoms with Gasteiger partial charge in [-0.2, -0.15) is 10.2 Å². The number of benzene rings is 1. The van der Waals surface area contributed by atoms with Crippen LogP contribution < -0.4 is 5.73 Å². The summed E-state index contributed by atoms with van der Waals surface area (Å²) in [6.07, 6.45) is 6.59. The second-order valence-corrected chi connectivity index (χ2v) is 6.62. The van der Waals surface area contributed by atoms with Crippen molar-refractivity contribution in [1.82, 2.24) is 25.4 Å². The fourth-order valence-electron chi connectivity index (χ4n) is 3.90. The van der Waals surface area contributed by atoms with Crippen molar-refractivity contribution in [2.75, 3.05) is 0 Å². The molecule has 0 bridgehead atoms. The normalized spacial score (nSPS) is 17.5. The Balaban J connectivity index is 1.93. The Labute approximate surface area is 138 Å². The van der Waals surface area contributed by atoms with Gasteiger partial charge in [0.2, 0.25) is 0 Å². The number of pyridine rings is 1. The highest BCUT2D eigenvalue weighted by atomic mass is 15.1. The molecule has 1 aromatic carbocycles. The van der Waals surface area contributed by atoms with E-state index in [9.17, 15) is 0 Å². The van der Waals surface area contributed by atoms with Crippen LogP contribution in [0, 0.1) is 6.92 Å². The molecule has 5 rings (SSSR count). The van der Waals surface area contributed by atoms with Crippen molar-refractivity contribution in [3.05, 3.63) is 41.3 Å². The number of aromatic amines is 2. The standard InChI is InChI=1S/C18H18N6/c1-9-13(7-20-23-9)18-12-6-10(19)2-3-11(12)17-14-8-21-24-15(14)4-5-16(17)22-18/h4-5,7-8,10H,2-3,6,19H2,1H3,(H,20,23)(H,21,24). The molecule has 0 amide bonds. The van der Waals surface area contributed by atoms with E-state index >= 15 is 0 Å². The van der Waals surface area contributed by atoms with Gasteiger partial charge in [-0.1, -0.05) is 0 Å². The summed E-state index contributed by atoms with van der Waals surface area (Å²) in [7, 11) is 0. The van der Waals surface area contributed by atoms with Gasteiger partial charge in [-0.25, -0.2) is 4.98 Å². The summed E-state index contributed by atoms with van der Waals surface area (Å²) < 4.78 is 0. The summed E-state index contributed by atoms with van der Waals surface area (Å²) in [5.74, 6) is 0. The van der Waals surface area contributed by atoms with Gasteiger partial charge in [0.15, 0.2) is 0 Å². The number of nitrogens with two attached hydrogens (primary N) is 1. The molecule has 0 saturated heterocycles. The predicted molar refractivity (Wildman–Crippen MR) is 93.7 cm³/mol. The summed E-state index contributed by atoms with van der Waals surface area (Å²) in [5, 5.41) is 16.8. The van der Waals surface area contributed by atoms with Crippen molar-refractivity contribution in [3.8, 4) is 11.3 Å². The Bertz CT molecular complexity index is 1070. The number of aromatic nitrogens is 5. The van der Waals surface area contributed by atoms with Crippen LogP contribution in [0.15, 0.2) is 24.5 Å². The summed E-state index contributed by atoms with van der Waals surface area (Å²) in [4.78, 5) is 5.00. The summed E-state index contributed by atoms with van der Waals surface area (Å²) in [6.45, 7) is 2.03. The number of aryl methyl sites for hydroxylation is 2. The SMILES string of the molecule is Cc1[nH]ncc1-c1nc2ccc3[nH]ncc3c2c2c1CC(N)CC2. The summed E-state index contributed by atoms with van der Waals surface area (Å²) in [6, 6.07) is 4.31. The first-order chi connectivity index (χ1) is 11.7. The lowest BCUT2D eigenvalue weighted by molar-refractivity contribution is 0.579. The van der Waals surface area contributed by atoms with Gasteiger partial charge in [-0.3, -0.25) is 10.2 Å². The number of hydrogen-bond acceptors (Lipinski definition) is 4. The average molecular weight is 318 g/mol. The minimum Gasteiger partial charge on any atom is -0.327 e. The number of fused-ring (bicyclic) bond motifs is 5.